The van der Waals surface area contributed by atoms with E-state index in [1.165, 1.54) is 0 Å². The molecule has 0 aliphatic heterocycles. The quantitative estimate of drug-likeness (QED) is 0.754. The number of halogens is 2. The van der Waals surface area contributed by atoms with Crippen LogP contribution in [0.15, 0.2) is 46.9 Å². The third kappa shape index (κ3) is 3.22. The molecule has 20 heavy (non-hydrogen) atoms. The summed E-state index contributed by atoms with van der Waals surface area (Å²) in [6.07, 6.45) is 0. The predicted molar refractivity (Wildman–Crippen MR) is 87.7 cm³/mol. The van der Waals surface area contributed by atoms with Gasteiger partial charge in [-0.15, -0.1) is 0 Å². The normalized spacial score (nSPS) is 10.4. The number of carbonyl (C=O) groups is 1. The van der Waals surface area contributed by atoms with E-state index in [0.29, 0.717) is 17.1 Å². The Morgan fingerprint density at radius 1 is 1.25 bits per heavy atom. The molecule has 4 heteroatoms. The van der Waals surface area contributed by atoms with Crippen molar-refractivity contribution in [3.63, 3.8) is 0 Å². The second kappa shape index (κ2) is 6.42. The number of anilines is 1. The molecule has 104 valence electrons. The van der Waals surface area contributed by atoms with Crippen molar-refractivity contribution in [1.29, 1.82) is 0 Å². The fourth-order valence-corrected chi connectivity index (χ4v) is 2.52. The third-order valence-electron chi connectivity index (χ3n) is 3.04. The molecule has 0 bridgehead atoms. The van der Waals surface area contributed by atoms with Crippen LogP contribution in [0.2, 0.25) is 5.02 Å². The lowest BCUT2D eigenvalue weighted by atomic mass is 10.1. The molecule has 1 amide bonds. The van der Waals surface area contributed by atoms with Crippen molar-refractivity contribution in [3.05, 3.63) is 63.1 Å². The molecule has 0 aromatic heterocycles. The van der Waals surface area contributed by atoms with Crippen LogP contribution >= 0.6 is 27.5 Å². The summed E-state index contributed by atoms with van der Waals surface area (Å²) in [4.78, 5) is 14.4. The van der Waals surface area contributed by atoms with Crippen molar-refractivity contribution in [1.82, 2.24) is 0 Å². The van der Waals surface area contributed by atoms with Crippen LogP contribution in [0.4, 0.5) is 5.69 Å². The van der Waals surface area contributed by atoms with Gasteiger partial charge in [0.15, 0.2) is 0 Å². The summed E-state index contributed by atoms with van der Waals surface area (Å²) >= 11 is 9.32. The van der Waals surface area contributed by atoms with Gasteiger partial charge in [0.1, 0.15) is 0 Å². The average Bonchev–Trinajstić information content (AvgIpc) is 2.42. The number of nitrogens with zero attached hydrogens (tertiary/aromatic N) is 1. The molecule has 2 nitrogen and oxygen atoms in total. The highest BCUT2D eigenvalue weighted by Gasteiger charge is 2.16. The summed E-state index contributed by atoms with van der Waals surface area (Å²) in [6.45, 7) is 4.59. The van der Waals surface area contributed by atoms with E-state index in [2.05, 4.69) is 15.9 Å². The second-order valence-electron chi connectivity index (χ2n) is 4.52. The maximum absolute atomic E-state index is 12.6. The highest BCUT2D eigenvalue weighted by atomic mass is 79.9. The van der Waals surface area contributed by atoms with Gasteiger partial charge in [-0.3, -0.25) is 4.79 Å². The van der Waals surface area contributed by atoms with Gasteiger partial charge in [0, 0.05) is 22.3 Å². The standard InChI is InChI=1S/C16H15BrClNO/c1-3-19(13-6-4-5-11(2)9-13)16(20)12-7-8-15(18)14(17)10-12/h4-10H,3H2,1-2H3. The van der Waals surface area contributed by atoms with Crippen LogP contribution in [0.1, 0.15) is 22.8 Å². The Bertz CT molecular complexity index is 642. The molecule has 0 unspecified atom stereocenters. The topological polar surface area (TPSA) is 20.3 Å². The van der Waals surface area contributed by atoms with Crippen molar-refractivity contribution in [3.8, 4) is 0 Å². The van der Waals surface area contributed by atoms with Crippen LogP contribution in [0.5, 0.6) is 0 Å². The number of benzene rings is 2. The monoisotopic (exact) mass is 351 g/mol. The molecule has 2 aromatic rings. The Morgan fingerprint density at radius 2 is 2.00 bits per heavy atom. The minimum Gasteiger partial charge on any atom is -0.309 e. The summed E-state index contributed by atoms with van der Waals surface area (Å²) in [5.41, 5.74) is 2.65. The Hall–Kier alpha value is -1.32. The fraction of sp³-hybridized carbons (Fsp3) is 0.188. The molecule has 2 rings (SSSR count). The number of rotatable bonds is 3. The van der Waals surface area contributed by atoms with E-state index in [4.69, 9.17) is 11.6 Å². The smallest absolute Gasteiger partial charge is 0.258 e. The lowest BCUT2D eigenvalue weighted by molar-refractivity contribution is 0.0988. The molecule has 0 atom stereocenters. The second-order valence-corrected chi connectivity index (χ2v) is 5.78. The molecule has 0 aliphatic rings. The van der Waals surface area contributed by atoms with E-state index in [1.54, 1.807) is 23.1 Å². The Balaban J connectivity index is 2.36. The first-order chi connectivity index (χ1) is 9.52. The molecule has 0 radical (unpaired) electrons. The third-order valence-corrected chi connectivity index (χ3v) is 4.26. The van der Waals surface area contributed by atoms with Crippen molar-refractivity contribution in [2.24, 2.45) is 0 Å². The van der Waals surface area contributed by atoms with Crippen molar-refractivity contribution >= 4 is 39.1 Å². The SMILES string of the molecule is CCN(C(=O)c1ccc(Cl)c(Br)c1)c1cccc(C)c1. The van der Waals surface area contributed by atoms with E-state index in [9.17, 15) is 4.79 Å². The van der Waals surface area contributed by atoms with Gasteiger partial charge in [-0.1, -0.05) is 23.7 Å². The zero-order valence-electron chi connectivity index (χ0n) is 11.4. The number of amides is 1. The maximum atomic E-state index is 12.6. The predicted octanol–water partition coefficient (Wildman–Crippen LogP) is 5.08. The van der Waals surface area contributed by atoms with Gasteiger partial charge in [0.25, 0.3) is 5.91 Å². The molecule has 0 fully saturated rings. The number of carbonyl (C=O) groups excluding carboxylic acids is 1. The minimum atomic E-state index is -0.0320. The molecule has 0 heterocycles. The Kier molecular flexibility index (Phi) is 4.84. The molecular weight excluding hydrogens is 338 g/mol. The van der Waals surface area contributed by atoms with Crippen LogP contribution in [0.3, 0.4) is 0 Å². The first kappa shape index (κ1) is 15.1. The Labute approximate surface area is 132 Å². The van der Waals surface area contributed by atoms with Gasteiger partial charge in [0.05, 0.1) is 5.02 Å². The summed E-state index contributed by atoms with van der Waals surface area (Å²) in [5, 5.41) is 0.597. The molecule has 0 saturated carbocycles. The lowest BCUT2D eigenvalue weighted by Crippen LogP contribution is -2.30. The lowest BCUT2D eigenvalue weighted by Gasteiger charge is -2.21. The van der Waals surface area contributed by atoms with Gasteiger partial charge in [0.2, 0.25) is 0 Å². The molecule has 0 aliphatic carbocycles. The largest absolute Gasteiger partial charge is 0.309 e. The average molecular weight is 353 g/mol. The van der Waals surface area contributed by atoms with Crippen LogP contribution in [-0.4, -0.2) is 12.5 Å². The van der Waals surface area contributed by atoms with Gasteiger partial charge < -0.3 is 4.90 Å². The first-order valence-corrected chi connectivity index (χ1v) is 7.53. The van der Waals surface area contributed by atoms with Crippen LogP contribution < -0.4 is 4.90 Å². The minimum absolute atomic E-state index is 0.0320. The number of aryl methyl sites for hydroxylation is 1. The van der Waals surface area contributed by atoms with Gasteiger partial charge in [-0.2, -0.15) is 0 Å². The molecule has 0 N–H and O–H groups in total. The van der Waals surface area contributed by atoms with Gasteiger partial charge in [-0.25, -0.2) is 0 Å². The number of hydrogen-bond donors (Lipinski definition) is 0. The highest BCUT2D eigenvalue weighted by Crippen LogP contribution is 2.25. The molecular formula is C16H15BrClNO. The zero-order chi connectivity index (χ0) is 14.7. The van der Waals surface area contributed by atoms with Crippen molar-refractivity contribution in [2.45, 2.75) is 13.8 Å². The molecule has 0 spiro atoms. The van der Waals surface area contributed by atoms with Crippen molar-refractivity contribution < 1.29 is 4.79 Å². The zero-order valence-corrected chi connectivity index (χ0v) is 13.7. The summed E-state index contributed by atoms with van der Waals surface area (Å²) in [6, 6.07) is 13.1. The van der Waals surface area contributed by atoms with Crippen LogP contribution in [0.25, 0.3) is 0 Å². The van der Waals surface area contributed by atoms with Crippen molar-refractivity contribution in [2.75, 3.05) is 11.4 Å². The fourth-order valence-electron chi connectivity index (χ4n) is 2.02. The first-order valence-electron chi connectivity index (χ1n) is 6.36. The summed E-state index contributed by atoms with van der Waals surface area (Å²) in [7, 11) is 0. The molecule has 0 saturated heterocycles. The van der Waals surface area contributed by atoms with Crippen LogP contribution in [-0.2, 0) is 0 Å². The van der Waals surface area contributed by atoms with Gasteiger partial charge in [-0.05, 0) is 65.7 Å². The number of hydrogen-bond acceptors (Lipinski definition) is 1. The van der Waals surface area contributed by atoms with E-state index in [1.807, 2.05) is 38.1 Å². The summed E-state index contributed by atoms with van der Waals surface area (Å²) in [5.74, 6) is -0.0320. The van der Waals surface area contributed by atoms with E-state index < -0.39 is 0 Å². The molecule has 2 aromatic carbocycles. The Morgan fingerprint density at radius 3 is 2.60 bits per heavy atom. The van der Waals surface area contributed by atoms with Crippen LogP contribution in [0, 0.1) is 6.92 Å². The van der Waals surface area contributed by atoms with E-state index in [0.717, 1.165) is 15.7 Å². The summed E-state index contributed by atoms with van der Waals surface area (Å²) < 4.78 is 0.727. The van der Waals surface area contributed by atoms with E-state index in [-0.39, 0.29) is 5.91 Å². The van der Waals surface area contributed by atoms with Gasteiger partial charge >= 0.3 is 0 Å². The van der Waals surface area contributed by atoms with E-state index >= 15 is 0 Å². The maximum Gasteiger partial charge on any atom is 0.258 e. The highest BCUT2D eigenvalue weighted by molar-refractivity contribution is 9.10.